The molecule has 1 heterocycles. The van der Waals surface area contributed by atoms with E-state index >= 15 is 0 Å². The van der Waals surface area contributed by atoms with E-state index in [9.17, 15) is 22.0 Å². The van der Waals surface area contributed by atoms with E-state index in [4.69, 9.17) is 0 Å². The van der Waals surface area contributed by atoms with Crippen LogP contribution < -0.4 is 4.74 Å². The number of aromatic nitrogens is 2. The van der Waals surface area contributed by atoms with Gasteiger partial charge in [-0.3, -0.25) is 4.98 Å². The minimum absolute atomic E-state index is 0.415. The summed E-state index contributed by atoms with van der Waals surface area (Å²) < 4.78 is 62.7. The number of nitrogens with zero attached hydrogens (tertiary/aromatic N) is 2. The molecule has 0 saturated carbocycles. The summed E-state index contributed by atoms with van der Waals surface area (Å²) in [4.78, 5) is 5.86. The summed E-state index contributed by atoms with van der Waals surface area (Å²) in [5.41, 5.74) is -1.38. The predicted octanol–water partition coefficient (Wildman–Crippen LogP) is 2.10. The van der Waals surface area contributed by atoms with Gasteiger partial charge in [-0.25, -0.2) is 4.98 Å². The molecule has 0 amide bonds. The van der Waals surface area contributed by atoms with E-state index in [-0.39, 0.29) is 0 Å². The molecule has 3 nitrogen and oxygen atoms in total. The second-order valence-electron chi connectivity index (χ2n) is 2.12. The lowest BCUT2D eigenvalue weighted by atomic mass is 10.4. The maximum absolute atomic E-state index is 12.0. The van der Waals surface area contributed by atoms with E-state index in [1.165, 1.54) is 0 Å². The maximum atomic E-state index is 12.0. The zero-order chi connectivity index (χ0) is 10.8. The molecule has 8 heteroatoms. The second-order valence-corrected chi connectivity index (χ2v) is 2.12. The third-order valence-corrected chi connectivity index (χ3v) is 1.11. The Morgan fingerprint density at radius 2 is 1.86 bits per heavy atom. The minimum atomic E-state index is -4.73. The third kappa shape index (κ3) is 2.79. The van der Waals surface area contributed by atoms with E-state index in [0.717, 1.165) is 0 Å². The first-order valence-electron chi connectivity index (χ1n) is 3.23. The van der Waals surface area contributed by atoms with Crippen molar-refractivity contribution in [3.05, 3.63) is 18.1 Å². The molecule has 0 saturated heterocycles. The molecule has 0 atom stereocenters. The van der Waals surface area contributed by atoms with Crippen LogP contribution in [0.1, 0.15) is 5.69 Å². The van der Waals surface area contributed by atoms with Crippen molar-refractivity contribution in [3.63, 3.8) is 0 Å². The number of hydrogen-bond acceptors (Lipinski definition) is 3. The van der Waals surface area contributed by atoms with Gasteiger partial charge in [0.1, 0.15) is 0 Å². The van der Waals surface area contributed by atoms with Crippen molar-refractivity contribution in [3.8, 4) is 5.88 Å². The summed E-state index contributed by atoms with van der Waals surface area (Å²) in [7, 11) is 0. The second kappa shape index (κ2) is 3.72. The van der Waals surface area contributed by atoms with Gasteiger partial charge in [0.25, 0.3) is 0 Å². The zero-order valence-corrected chi connectivity index (χ0v) is 6.42. The van der Waals surface area contributed by atoms with Crippen molar-refractivity contribution in [2.45, 2.75) is 12.8 Å². The van der Waals surface area contributed by atoms with Crippen molar-refractivity contribution in [2.24, 2.45) is 0 Å². The van der Waals surface area contributed by atoms with E-state index in [1.54, 1.807) is 0 Å². The van der Waals surface area contributed by atoms with E-state index in [1.807, 2.05) is 0 Å². The molecule has 0 radical (unpaired) electrons. The van der Waals surface area contributed by atoms with Gasteiger partial charge in [-0.05, 0) is 0 Å². The van der Waals surface area contributed by atoms with Crippen molar-refractivity contribution >= 4 is 0 Å². The summed E-state index contributed by atoms with van der Waals surface area (Å²) in [5, 5.41) is 0. The lowest BCUT2D eigenvalue weighted by Crippen LogP contribution is -2.11. The SMILES string of the molecule is FC(F)Oc1cncc(C(F)(F)F)n1. The van der Waals surface area contributed by atoms with Gasteiger partial charge in [-0.1, -0.05) is 0 Å². The van der Waals surface area contributed by atoms with Crippen LogP contribution in [-0.4, -0.2) is 16.6 Å². The highest BCUT2D eigenvalue weighted by atomic mass is 19.4. The Morgan fingerprint density at radius 3 is 2.36 bits per heavy atom. The van der Waals surface area contributed by atoms with Gasteiger partial charge in [0.15, 0.2) is 5.69 Å². The molecule has 0 aliphatic rings. The Balaban J connectivity index is 2.90. The van der Waals surface area contributed by atoms with Gasteiger partial charge in [0.05, 0.1) is 12.4 Å². The lowest BCUT2D eigenvalue weighted by Gasteiger charge is -2.07. The molecule has 0 aliphatic heterocycles. The molecular weight excluding hydrogens is 211 g/mol. The van der Waals surface area contributed by atoms with Crippen LogP contribution in [0.5, 0.6) is 5.88 Å². The highest BCUT2D eigenvalue weighted by Gasteiger charge is 2.33. The summed E-state index contributed by atoms with van der Waals surface area (Å²) in [6, 6.07) is 0. The minimum Gasteiger partial charge on any atom is -0.415 e. The number of alkyl halides is 5. The molecule has 0 N–H and O–H groups in total. The Morgan fingerprint density at radius 1 is 1.21 bits per heavy atom. The fourth-order valence-corrected chi connectivity index (χ4v) is 0.633. The van der Waals surface area contributed by atoms with Crippen LogP contribution >= 0.6 is 0 Å². The number of hydrogen-bond donors (Lipinski definition) is 0. The Hall–Kier alpha value is -1.47. The van der Waals surface area contributed by atoms with Gasteiger partial charge in [-0.15, -0.1) is 0 Å². The first-order valence-corrected chi connectivity index (χ1v) is 3.23. The average Bonchev–Trinajstić information content (AvgIpc) is 2.01. The average molecular weight is 214 g/mol. The largest absolute Gasteiger partial charge is 0.435 e. The molecule has 1 aromatic rings. The van der Waals surface area contributed by atoms with Gasteiger partial charge in [-0.2, -0.15) is 22.0 Å². The molecule has 14 heavy (non-hydrogen) atoms. The number of ether oxygens (including phenoxy) is 1. The van der Waals surface area contributed by atoms with Crippen molar-refractivity contribution in [2.75, 3.05) is 0 Å². The number of halogens is 5. The van der Waals surface area contributed by atoms with Crippen LogP contribution in [0.2, 0.25) is 0 Å². The van der Waals surface area contributed by atoms with Crippen LogP contribution in [0, 0.1) is 0 Å². The van der Waals surface area contributed by atoms with Crippen molar-refractivity contribution in [1.29, 1.82) is 0 Å². The van der Waals surface area contributed by atoms with Gasteiger partial charge in [0.2, 0.25) is 5.88 Å². The van der Waals surface area contributed by atoms with Gasteiger partial charge in [0, 0.05) is 0 Å². The highest BCUT2D eigenvalue weighted by Crippen LogP contribution is 2.27. The fourth-order valence-electron chi connectivity index (χ4n) is 0.633. The van der Waals surface area contributed by atoms with Crippen molar-refractivity contribution < 1.29 is 26.7 Å². The standard InChI is InChI=1S/C6H3F5N2O/c7-5(8)14-4-2-12-1-3(13-4)6(9,10)11/h1-2,5H. The molecule has 0 bridgehead atoms. The van der Waals surface area contributed by atoms with Gasteiger partial charge >= 0.3 is 12.8 Å². The molecular formula is C6H3F5N2O. The predicted molar refractivity (Wildman–Crippen MR) is 33.7 cm³/mol. The van der Waals surface area contributed by atoms with Crippen molar-refractivity contribution in [1.82, 2.24) is 9.97 Å². The molecule has 0 aliphatic carbocycles. The first kappa shape index (κ1) is 10.6. The van der Waals surface area contributed by atoms with Crippen LogP contribution in [-0.2, 0) is 6.18 Å². The Kier molecular flexibility index (Phi) is 2.82. The molecule has 0 spiro atoms. The van der Waals surface area contributed by atoms with E-state index in [0.29, 0.717) is 12.4 Å². The highest BCUT2D eigenvalue weighted by molar-refractivity contribution is 5.10. The maximum Gasteiger partial charge on any atom is 0.435 e. The molecule has 1 aromatic heterocycles. The molecule has 0 fully saturated rings. The van der Waals surface area contributed by atoms with E-state index in [2.05, 4.69) is 14.7 Å². The van der Waals surface area contributed by atoms with Crippen LogP contribution in [0.4, 0.5) is 22.0 Å². The van der Waals surface area contributed by atoms with E-state index < -0.39 is 24.4 Å². The molecule has 0 unspecified atom stereocenters. The summed E-state index contributed by atoms with van der Waals surface area (Å²) in [6.45, 7) is -3.23. The summed E-state index contributed by atoms with van der Waals surface area (Å²) in [5.74, 6) is -0.866. The topological polar surface area (TPSA) is 35.0 Å². The van der Waals surface area contributed by atoms with Crippen LogP contribution in [0.25, 0.3) is 0 Å². The normalized spacial score (nSPS) is 11.9. The summed E-state index contributed by atoms with van der Waals surface area (Å²) in [6.07, 6.45) is -3.64. The fraction of sp³-hybridized carbons (Fsp3) is 0.333. The van der Waals surface area contributed by atoms with Crippen LogP contribution in [0.3, 0.4) is 0 Å². The monoisotopic (exact) mass is 214 g/mol. The van der Waals surface area contributed by atoms with Gasteiger partial charge < -0.3 is 4.74 Å². The number of rotatable bonds is 2. The molecule has 78 valence electrons. The quantitative estimate of drug-likeness (QED) is 0.707. The zero-order valence-electron chi connectivity index (χ0n) is 6.42. The van der Waals surface area contributed by atoms with Crippen LogP contribution in [0.15, 0.2) is 12.4 Å². The summed E-state index contributed by atoms with van der Waals surface area (Å²) >= 11 is 0. The Bertz CT molecular complexity index is 313. The molecule has 1 rings (SSSR count). The Labute approximate surface area is 74.5 Å². The molecule has 0 aromatic carbocycles. The lowest BCUT2D eigenvalue weighted by molar-refractivity contribution is -0.142. The smallest absolute Gasteiger partial charge is 0.415 e. The first-order chi connectivity index (χ1) is 6.39. The third-order valence-electron chi connectivity index (χ3n) is 1.11.